The van der Waals surface area contributed by atoms with Crippen LogP contribution >= 0.6 is 11.8 Å². The van der Waals surface area contributed by atoms with Gasteiger partial charge in [-0.3, -0.25) is 4.79 Å². The molecule has 0 radical (unpaired) electrons. The van der Waals surface area contributed by atoms with Crippen LogP contribution in [0.3, 0.4) is 0 Å². The number of carbonyl (C=O) groups is 1. The third-order valence-electron chi connectivity index (χ3n) is 7.12. The summed E-state index contributed by atoms with van der Waals surface area (Å²) in [5.41, 5.74) is 0.0598. The summed E-state index contributed by atoms with van der Waals surface area (Å²) in [6.45, 7) is 1.79. The normalized spacial score (nSPS) is 39.2. The van der Waals surface area contributed by atoms with Crippen LogP contribution in [0.1, 0.15) is 57.8 Å². The monoisotopic (exact) mass is 425 g/mol. The lowest BCUT2D eigenvalue weighted by molar-refractivity contribution is -0.120. The predicted octanol–water partition coefficient (Wildman–Crippen LogP) is 2.32. The summed E-state index contributed by atoms with van der Waals surface area (Å²) in [7, 11) is -3.01. The van der Waals surface area contributed by atoms with E-state index in [1.165, 1.54) is 50.3 Å². The van der Waals surface area contributed by atoms with Crippen LogP contribution in [0.5, 0.6) is 0 Å². The Labute approximate surface area is 169 Å². The van der Waals surface area contributed by atoms with Gasteiger partial charge in [-0.05, 0) is 69.6 Å². The van der Waals surface area contributed by atoms with Gasteiger partial charge in [0.05, 0.1) is 16.8 Å². The first-order chi connectivity index (χ1) is 13.3. The second-order valence-corrected chi connectivity index (χ2v) is 13.0. The van der Waals surface area contributed by atoms with E-state index in [1.807, 2.05) is 0 Å². The van der Waals surface area contributed by atoms with E-state index >= 15 is 0 Å². The molecule has 1 saturated heterocycles. The Balaban J connectivity index is 1.23. The molecule has 7 nitrogen and oxygen atoms in total. The van der Waals surface area contributed by atoms with E-state index in [2.05, 4.69) is 15.5 Å². The van der Waals surface area contributed by atoms with Crippen molar-refractivity contribution < 1.29 is 17.6 Å². The molecule has 4 bridgehead atoms. The van der Waals surface area contributed by atoms with Crippen LogP contribution in [0.2, 0.25) is 0 Å². The van der Waals surface area contributed by atoms with E-state index in [1.54, 1.807) is 6.92 Å². The molecule has 5 fully saturated rings. The lowest BCUT2D eigenvalue weighted by Crippen LogP contribution is -2.48. The first-order valence-corrected chi connectivity index (χ1v) is 13.0. The molecule has 0 unspecified atom stereocenters. The second-order valence-electron chi connectivity index (χ2n) is 9.44. The molecular weight excluding hydrogens is 398 g/mol. The Kier molecular flexibility index (Phi) is 4.54. The van der Waals surface area contributed by atoms with Gasteiger partial charge < -0.3 is 9.73 Å². The van der Waals surface area contributed by atoms with Gasteiger partial charge in [0.1, 0.15) is 0 Å². The number of aromatic nitrogens is 2. The van der Waals surface area contributed by atoms with Gasteiger partial charge in [-0.1, -0.05) is 11.8 Å². The van der Waals surface area contributed by atoms with E-state index in [0.717, 1.165) is 23.6 Å². The van der Waals surface area contributed by atoms with Crippen molar-refractivity contribution in [3.05, 3.63) is 5.89 Å². The quantitative estimate of drug-likeness (QED) is 0.722. The lowest BCUT2D eigenvalue weighted by atomic mass is 9.49. The molecule has 1 N–H and O–H groups in total. The van der Waals surface area contributed by atoms with Gasteiger partial charge in [-0.15, -0.1) is 10.2 Å². The summed E-state index contributed by atoms with van der Waals surface area (Å²) in [5, 5.41) is 11.5. The molecule has 28 heavy (non-hydrogen) atoms. The van der Waals surface area contributed by atoms with E-state index in [4.69, 9.17) is 4.42 Å². The Morgan fingerprint density at radius 1 is 1.18 bits per heavy atom. The zero-order valence-corrected chi connectivity index (χ0v) is 17.7. The first-order valence-electron chi connectivity index (χ1n) is 10.3. The van der Waals surface area contributed by atoms with Crippen molar-refractivity contribution in [3.63, 3.8) is 0 Å². The van der Waals surface area contributed by atoms with Gasteiger partial charge in [0.15, 0.2) is 9.84 Å². The maximum Gasteiger partial charge on any atom is 0.277 e. The summed E-state index contributed by atoms with van der Waals surface area (Å²) in [6, 6.07) is -0.286. The van der Waals surface area contributed by atoms with Crippen LogP contribution in [0.4, 0.5) is 0 Å². The summed E-state index contributed by atoms with van der Waals surface area (Å²) in [5.74, 6) is 3.19. The summed E-state index contributed by atoms with van der Waals surface area (Å²) in [6.07, 6.45) is 8.07. The number of carbonyl (C=O) groups excluding carboxylic acids is 1. The summed E-state index contributed by atoms with van der Waals surface area (Å²) < 4.78 is 29.2. The number of nitrogens with one attached hydrogen (secondary N) is 1. The van der Waals surface area contributed by atoms with Crippen LogP contribution < -0.4 is 5.32 Å². The number of rotatable bonds is 5. The van der Waals surface area contributed by atoms with Gasteiger partial charge in [0.25, 0.3) is 5.22 Å². The molecule has 2 atom stereocenters. The van der Waals surface area contributed by atoms with E-state index < -0.39 is 15.1 Å². The average Bonchev–Trinajstić information content (AvgIpc) is 3.20. The van der Waals surface area contributed by atoms with Crippen molar-refractivity contribution in [3.8, 4) is 0 Å². The molecule has 4 aliphatic carbocycles. The van der Waals surface area contributed by atoms with Crippen molar-refractivity contribution in [2.75, 3.05) is 11.5 Å². The van der Waals surface area contributed by atoms with Gasteiger partial charge in [0, 0.05) is 11.5 Å². The number of nitrogens with zero attached hydrogens (tertiary/aromatic N) is 2. The zero-order chi connectivity index (χ0) is 19.5. The molecule has 4 saturated carbocycles. The molecule has 1 aliphatic heterocycles. The van der Waals surface area contributed by atoms with E-state index in [-0.39, 0.29) is 28.9 Å². The molecule has 1 amide bonds. The van der Waals surface area contributed by atoms with Gasteiger partial charge >= 0.3 is 0 Å². The molecule has 1 aromatic rings. The molecule has 6 rings (SSSR count). The molecule has 9 heteroatoms. The predicted molar refractivity (Wildman–Crippen MR) is 105 cm³/mol. The number of amides is 1. The maximum absolute atomic E-state index is 12.4. The molecule has 2 heterocycles. The third-order valence-corrected chi connectivity index (χ3v) is 9.83. The number of hydrogen-bond donors (Lipinski definition) is 1. The molecular formula is C19H27N3O4S2. The number of thioether (sulfide) groups is 1. The first kappa shape index (κ1) is 18.9. The Hall–Kier alpha value is -1.09. The smallest absolute Gasteiger partial charge is 0.277 e. The second kappa shape index (κ2) is 6.72. The Morgan fingerprint density at radius 3 is 2.39 bits per heavy atom. The Morgan fingerprint density at radius 2 is 1.82 bits per heavy atom. The third kappa shape index (κ3) is 3.49. The average molecular weight is 426 g/mol. The SMILES string of the molecule is C[C@@H](Sc1nnc(C23CC4CC(CC(C4)C2)C3)o1)C(=O)N[C@@H]1CCS(=O)(=O)C1. The van der Waals surface area contributed by atoms with E-state index in [9.17, 15) is 13.2 Å². The fourth-order valence-corrected chi connectivity index (χ4v) is 8.64. The highest BCUT2D eigenvalue weighted by Gasteiger charge is 2.54. The topological polar surface area (TPSA) is 102 Å². The molecule has 1 aromatic heterocycles. The summed E-state index contributed by atoms with van der Waals surface area (Å²) in [4.78, 5) is 12.4. The molecule has 154 valence electrons. The highest BCUT2D eigenvalue weighted by atomic mass is 32.2. The minimum absolute atomic E-state index is 0.0346. The van der Waals surface area contributed by atoms with Crippen LogP contribution in [0, 0.1) is 17.8 Å². The van der Waals surface area contributed by atoms with Gasteiger partial charge in [-0.25, -0.2) is 8.42 Å². The highest BCUT2D eigenvalue weighted by molar-refractivity contribution is 8.00. The largest absolute Gasteiger partial charge is 0.415 e. The molecule has 5 aliphatic rings. The highest BCUT2D eigenvalue weighted by Crippen LogP contribution is 2.60. The minimum atomic E-state index is -3.01. The fraction of sp³-hybridized carbons (Fsp3) is 0.842. The van der Waals surface area contributed by atoms with Crippen molar-refractivity contribution in [1.29, 1.82) is 0 Å². The van der Waals surface area contributed by atoms with Crippen molar-refractivity contribution in [2.45, 2.75) is 73.8 Å². The van der Waals surface area contributed by atoms with Crippen LogP contribution in [-0.2, 0) is 20.0 Å². The van der Waals surface area contributed by atoms with Crippen molar-refractivity contribution in [2.24, 2.45) is 17.8 Å². The van der Waals surface area contributed by atoms with Crippen molar-refractivity contribution in [1.82, 2.24) is 15.5 Å². The fourth-order valence-electron chi connectivity index (χ4n) is 6.28. The lowest BCUT2D eigenvalue weighted by Gasteiger charge is -2.55. The zero-order valence-electron chi connectivity index (χ0n) is 16.1. The minimum Gasteiger partial charge on any atom is -0.415 e. The van der Waals surface area contributed by atoms with Gasteiger partial charge in [0.2, 0.25) is 11.8 Å². The van der Waals surface area contributed by atoms with Crippen molar-refractivity contribution >= 4 is 27.5 Å². The van der Waals surface area contributed by atoms with Crippen LogP contribution in [0.25, 0.3) is 0 Å². The standard InChI is InChI=1S/C19H27N3O4S2/c1-11(16(23)20-15-2-3-28(24,25)10-15)27-18-22-21-17(26-18)19-7-12-4-13(8-19)6-14(5-12)9-19/h11-15H,2-10H2,1H3,(H,20,23)/t11-,12?,13?,14?,15-,19?/m1/s1. The summed E-state index contributed by atoms with van der Waals surface area (Å²) >= 11 is 1.26. The Bertz CT molecular complexity index is 846. The number of hydrogen-bond acceptors (Lipinski definition) is 7. The van der Waals surface area contributed by atoms with Crippen LogP contribution in [0.15, 0.2) is 9.64 Å². The molecule has 0 spiro atoms. The number of sulfone groups is 1. The van der Waals surface area contributed by atoms with E-state index in [0.29, 0.717) is 11.6 Å². The van der Waals surface area contributed by atoms with Crippen LogP contribution in [-0.4, -0.2) is 47.3 Å². The maximum atomic E-state index is 12.4. The van der Waals surface area contributed by atoms with Gasteiger partial charge in [-0.2, -0.15) is 0 Å². The molecule has 0 aromatic carbocycles.